The van der Waals surface area contributed by atoms with Crippen molar-refractivity contribution in [1.82, 2.24) is 9.88 Å². The number of hydrogen-bond acceptors (Lipinski definition) is 4. The summed E-state index contributed by atoms with van der Waals surface area (Å²) in [4.78, 5) is 17.6. The van der Waals surface area contributed by atoms with E-state index >= 15 is 0 Å². The second-order valence-corrected chi connectivity index (χ2v) is 6.99. The molecule has 1 atom stereocenters. The maximum atomic E-state index is 12.0. The minimum absolute atomic E-state index is 0.0266. The van der Waals surface area contributed by atoms with Crippen LogP contribution in [-0.4, -0.2) is 40.8 Å². The van der Waals surface area contributed by atoms with Gasteiger partial charge in [-0.05, 0) is 49.2 Å². The van der Waals surface area contributed by atoms with Crippen molar-refractivity contribution >= 4 is 33.6 Å². The molecule has 5 nitrogen and oxygen atoms in total. The van der Waals surface area contributed by atoms with E-state index in [-0.39, 0.29) is 12.1 Å². The molecule has 1 amide bonds. The molecular weight excluding hydrogens is 360 g/mol. The van der Waals surface area contributed by atoms with E-state index in [2.05, 4.69) is 20.9 Å². The Labute approximate surface area is 137 Å². The van der Waals surface area contributed by atoms with Crippen molar-refractivity contribution in [3.05, 3.63) is 21.9 Å². The standard InChI is InChI=1S/C14H18BrClN2O3/c1-14(2,3)21-13(19)18-7-5-9(18)8-20-10-4-6-17-12(16)11(10)15/h4,6,9H,5,7-8H2,1-3H3/t9-/m0/s1. The highest BCUT2D eigenvalue weighted by Gasteiger charge is 2.35. The van der Waals surface area contributed by atoms with E-state index in [1.54, 1.807) is 17.2 Å². The second kappa shape index (κ2) is 6.40. The molecule has 116 valence electrons. The number of ether oxygens (including phenoxy) is 2. The number of rotatable bonds is 3. The van der Waals surface area contributed by atoms with Crippen LogP contribution in [0.5, 0.6) is 5.75 Å². The van der Waals surface area contributed by atoms with E-state index in [4.69, 9.17) is 21.1 Å². The van der Waals surface area contributed by atoms with Gasteiger partial charge in [0.25, 0.3) is 0 Å². The van der Waals surface area contributed by atoms with Gasteiger partial charge < -0.3 is 14.4 Å². The molecule has 0 N–H and O–H groups in total. The van der Waals surface area contributed by atoms with Crippen LogP contribution in [-0.2, 0) is 4.74 Å². The fourth-order valence-electron chi connectivity index (χ4n) is 1.87. The van der Waals surface area contributed by atoms with Gasteiger partial charge in [-0.15, -0.1) is 0 Å². The summed E-state index contributed by atoms with van der Waals surface area (Å²) >= 11 is 9.24. The molecule has 1 aliphatic heterocycles. The Morgan fingerprint density at radius 2 is 2.29 bits per heavy atom. The zero-order valence-electron chi connectivity index (χ0n) is 12.2. The molecule has 2 heterocycles. The summed E-state index contributed by atoms with van der Waals surface area (Å²) in [7, 11) is 0. The molecule has 0 spiro atoms. The average Bonchev–Trinajstić information content (AvgIpc) is 2.30. The fourth-order valence-corrected chi connectivity index (χ4v) is 2.37. The SMILES string of the molecule is CC(C)(C)OC(=O)N1CC[C@H]1COc1ccnc(Cl)c1Br. The molecule has 0 radical (unpaired) electrons. The summed E-state index contributed by atoms with van der Waals surface area (Å²) < 4.78 is 11.7. The van der Waals surface area contributed by atoms with Gasteiger partial charge in [-0.1, -0.05) is 11.6 Å². The van der Waals surface area contributed by atoms with Gasteiger partial charge in [-0.3, -0.25) is 0 Å². The van der Waals surface area contributed by atoms with Crippen LogP contribution in [0.15, 0.2) is 16.7 Å². The summed E-state index contributed by atoms with van der Waals surface area (Å²) in [5.41, 5.74) is -0.486. The van der Waals surface area contributed by atoms with E-state index < -0.39 is 5.60 Å². The smallest absolute Gasteiger partial charge is 0.410 e. The van der Waals surface area contributed by atoms with Crippen LogP contribution in [0.3, 0.4) is 0 Å². The molecule has 1 saturated heterocycles. The van der Waals surface area contributed by atoms with Crippen LogP contribution in [0.2, 0.25) is 5.15 Å². The van der Waals surface area contributed by atoms with Crippen molar-refractivity contribution in [3.8, 4) is 5.75 Å². The number of nitrogens with zero attached hydrogens (tertiary/aromatic N) is 2. The molecule has 0 bridgehead atoms. The molecule has 7 heteroatoms. The lowest BCUT2D eigenvalue weighted by atomic mass is 10.1. The number of amides is 1. The molecule has 0 aliphatic carbocycles. The van der Waals surface area contributed by atoms with E-state index in [0.29, 0.717) is 28.5 Å². The number of hydrogen-bond donors (Lipinski definition) is 0. The Kier molecular flexibility index (Phi) is 4.99. The Balaban J connectivity index is 1.89. The monoisotopic (exact) mass is 376 g/mol. The number of aromatic nitrogens is 1. The third kappa shape index (κ3) is 4.23. The highest BCUT2D eigenvalue weighted by atomic mass is 79.9. The van der Waals surface area contributed by atoms with Crippen molar-refractivity contribution in [1.29, 1.82) is 0 Å². The number of carbonyl (C=O) groups is 1. The van der Waals surface area contributed by atoms with Crippen LogP contribution < -0.4 is 4.74 Å². The first-order chi connectivity index (χ1) is 9.78. The van der Waals surface area contributed by atoms with Gasteiger partial charge in [-0.25, -0.2) is 9.78 Å². The van der Waals surface area contributed by atoms with E-state index in [0.717, 1.165) is 6.42 Å². The highest BCUT2D eigenvalue weighted by molar-refractivity contribution is 9.10. The van der Waals surface area contributed by atoms with Crippen molar-refractivity contribution in [3.63, 3.8) is 0 Å². The number of pyridine rings is 1. The zero-order chi connectivity index (χ0) is 15.6. The largest absolute Gasteiger partial charge is 0.490 e. The van der Waals surface area contributed by atoms with Crippen LogP contribution in [0.25, 0.3) is 0 Å². The minimum Gasteiger partial charge on any atom is -0.490 e. The summed E-state index contributed by atoms with van der Waals surface area (Å²) in [6, 6.07) is 1.76. The van der Waals surface area contributed by atoms with E-state index in [1.165, 1.54) is 0 Å². The van der Waals surface area contributed by atoms with Crippen LogP contribution in [0.1, 0.15) is 27.2 Å². The normalized spacial score (nSPS) is 18.1. The summed E-state index contributed by atoms with van der Waals surface area (Å²) in [5, 5.41) is 0.352. The first-order valence-electron chi connectivity index (χ1n) is 6.70. The number of likely N-dealkylation sites (tertiary alicyclic amines) is 1. The lowest BCUT2D eigenvalue weighted by Crippen LogP contribution is -2.55. The zero-order valence-corrected chi connectivity index (χ0v) is 14.6. The van der Waals surface area contributed by atoms with Crippen molar-refractivity contribution in [2.24, 2.45) is 0 Å². The highest BCUT2D eigenvalue weighted by Crippen LogP contribution is 2.31. The number of halogens is 2. The summed E-state index contributed by atoms with van der Waals surface area (Å²) in [6.07, 6.45) is 2.18. The van der Waals surface area contributed by atoms with Crippen molar-refractivity contribution < 1.29 is 14.3 Å². The van der Waals surface area contributed by atoms with E-state index in [1.807, 2.05) is 20.8 Å². The van der Waals surface area contributed by atoms with Crippen molar-refractivity contribution in [2.45, 2.75) is 38.8 Å². The Morgan fingerprint density at radius 3 is 2.86 bits per heavy atom. The Morgan fingerprint density at radius 1 is 1.57 bits per heavy atom. The topological polar surface area (TPSA) is 51.7 Å². The third-order valence-corrected chi connectivity index (χ3v) is 4.30. The second-order valence-electron chi connectivity index (χ2n) is 5.84. The minimum atomic E-state index is -0.486. The number of carbonyl (C=O) groups excluding carboxylic acids is 1. The lowest BCUT2D eigenvalue weighted by molar-refractivity contribution is -0.0142. The maximum absolute atomic E-state index is 12.0. The average molecular weight is 378 g/mol. The summed E-state index contributed by atoms with van der Waals surface area (Å²) in [6.45, 7) is 6.66. The van der Waals surface area contributed by atoms with Gasteiger partial charge in [0.15, 0.2) is 0 Å². The van der Waals surface area contributed by atoms with Crippen LogP contribution >= 0.6 is 27.5 Å². The van der Waals surface area contributed by atoms with Crippen molar-refractivity contribution in [2.75, 3.05) is 13.2 Å². The molecule has 21 heavy (non-hydrogen) atoms. The van der Waals surface area contributed by atoms with Gasteiger partial charge in [0, 0.05) is 12.7 Å². The van der Waals surface area contributed by atoms with Gasteiger partial charge in [0.1, 0.15) is 23.1 Å². The molecule has 1 aliphatic rings. The lowest BCUT2D eigenvalue weighted by Gasteiger charge is -2.41. The molecule has 0 saturated carbocycles. The Bertz CT molecular complexity index is 533. The van der Waals surface area contributed by atoms with Crippen LogP contribution in [0, 0.1) is 0 Å². The molecule has 1 fully saturated rings. The first-order valence-corrected chi connectivity index (χ1v) is 7.87. The van der Waals surface area contributed by atoms with Gasteiger partial charge >= 0.3 is 6.09 Å². The predicted octanol–water partition coefficient (Wildman–Crippen LogP) is 3.89. The molecular formula is C14H18BrClN2O3. The Hall–Kier alpha value is -1.01. The first kappa shape index (κ1) is 16.4. The molecule has 0 unspecified atom stereocenters. The quantitative estimate of drug-likeness (QED) is 0.750. The van der Waals surface area contributed by atoms with Crippen LogP contribution in [0.4, 0.5) is 4.79 Å². The molecule has 2 rings (SSSR count). The predicted molar refractivity (Wildman–Crippen MR) is 83.8 cm³/mol. The van der Waals surface area contributed by atoms with Gasteiger partial charge in [0.2, 0.25) is 0 Å². The van der Waals surface area contributed by atoms with Gasteiger partial charge in [-0.2, -0.15) is 0 Å². The maximum Gasteiger partial charge on any atom is 0.410 e. The third-order valence-electron chi connectivity index (χ3n) is 3.01. The van der Waals surface area contributed by atoms with E-state index in [9.17, 15) is 4.79 Å². The van der Waals surface area contributed by atoms with Gasteiger partial charge in [0.05, 0.1) is 10.5 Å². The molecule has 1 aromatic heterocycles. The molecule has 1 aromatic rings. The summed E-state index contributed by atoms with van der Waals surface area (Å²) in [5.74, 6) is 0.617. The molecule has 0 aromatic carbocycles. The fraction of sp³-hybridized carbons (Fsp3) is 0.571.